The number of rotatable bonds is 5. The molecule has 8 rings (SSSR count). The van der Waals surface area contributed by atoms with Crippen LogP contribution in [0.1, 0.15) is 50.3 Å². The van der Waals surface area contributed by atoms with Gasteiger partial charge in [-0.05, 0) is 97.4 Å². The second-order valence-corrected chi connectivity index (χ2v) is 13.5. The maximum absolute atomic E-state index is 5.14. The first kappa shape index (κ1) is 28.2. The molecular formula is C45H37N. The third kappa shape index (κ3) is 4.84. The van der Waals surface area contributed by atoms with E-state index < -0.39 is 0 Å². The quantitative estimate of drug-likeness (QED) is 0.194. The van der Waals surface area contributed by atoms with Gasteiger partial charge in [0.1, 0.15) is 0 Å². The highest BCUT2D eigenvalue weighted by Crippen LogP contribution is 2.49. The Labute approximate surface area is 272 Å². The summed E-state index contributed by atoms with van der Waals surface area (Å²) in [6, 6.07) is 53.3. The van der Waals surface area contributed by atoms with Crippen molar-refractivity contribution in [3.05, 3.63) is 162 Å². The van der Waals surface area contributed by atoms with Crippen LogP contribution in [0.5, 0.6) is 0 Å². The second kappa shape index (κ2) is 11.0. The van der Waals surface area contributed by atoms with Crippen molar-refractivity contribution in [3.63, 3.8) is 0 Å². The topological polar surface area (TPSA) is 12.9 Å². The first-order chi connectivity index (χ1) is 22.3. The second-order valence-electron chi connectivity index (χ2n) is 13.5. The van der Waals surface area contributed by atoms with Gasteiger partial charge in [-0.1, -0.05) is 143 Å². The molecule has 222 valence electrons. The van der Waals surface area contributed by atoms with Gasteiger partial charge in [-0.2, -0.15) is 0 Å². The third-order valence-electron chi connectivity index (χ3n) is 9.87. The molecule has 1 aliphatic rings. The Hall–Kier alpha value is -5.27. The molecule has 0 bridgehead atoms. The summed E-state index contributed by atoms with van der Waals surface area (Å²) in [5, 5.41) is 1.15. The van der Waals surface area contributed by atoms with Crippen LogP contribution < -0.4 is 0 Å². The zero-order valence-corrected chi connectivity index (χ0v) is 26.9. The van der Waals surface area contributed by atoms with Gasteiger partial charge in [-0.3, -0.25) is 0 Å². The van der Waals surface area contributed by atoms with Gasteiger partial charge < -0.3 is 0 Å². The molecule has 0 unspecified atom stereocenters. The van der Waals surface area contributed by atoms with Gasteiger partial charge in [-0.25, -0.2) is 4.98 Å². The highest BCUT2D eigenvalue weighted by Gasteiger charge is 2.35. The lowest BCUT2D eigenvalue weighted by Crippen LogP contribution is -2.14. The fourth-order valence-electron chi connectivity index (χ4n) is 7.14. The van der Waals surface area contributed by atoms with Crippen LogP contribution >= 0.6 is 0 Å². The van der Waals surface area contributed by atoms with Gasteiger partial charge in [0.05, 0.1) is 11.2 Å². The van der Waals surface area contributed by atoms with Gasteiger partial charge in [0, 0.05) is 16.4 Å². The molecule has 0 fully saturated rings. The summed E-state index contributed by atoms with van der Waals surface area (Å²) in [6.07, 6.45) is 0. The van der Waals surface area contributed by atoms with Gasteiger partial charge in [-0.15, -0.1) is 0 Å². The van der Waals surface area contributed by atoms with Crippen LogP contribution in [0, 0.1) is 0 Å². The van der Waals surface area contributed by atoms with Crippen LogP contribution in [0.4, 0.5) is 0 Å². The van der Waals surface area contributed by atoms with Crippen molar-refractivity contribution in [2.75, 3.05) is 0 Å². The summed E-state index contributed by atoms with van der Waals surface area (Å²) < 4.78 is 0. The fourth-order valence-corrected chi connectivity index (χ4v) is 7.14. The van der Waals surface area contributed by atoms with Crippen molar-refractivity contribution in [1.82, 2.24) is 4.98 Å². The minimum Gasteiger partial charge on any atom is -0.248 e. The van der Waals surface area contributed by atoms with Crippen LogP contribution in [0.25, 0.3) is 66.7 Å². The smallest absolute Gasteiger partial charge is 0.0715 e. The van der Waals surface area contributed by atoms with E-state index in [9.17, 15) is 0 Å². The first-order valence-corrected chi connectivity index (χ1v) is 16.3. The summed E-state index contributed by atoms with van der Waals surface area (Å²) in [5.41, 5.74) is 17.3. The molecule has 7 aromatic rings. The van der Waals surface area contributed by atoms with Crippen LogP contribution in [-0.2, 0) is 5.41 Å². The largest absolute Gasteiger partial charge is 0.248 e. The van der Waals surface area contributed by atoms with Crippen molar-refractivity contribution in [2.24, 2.45) is 0 Å². The van der Waals surface area contributed by atoms with E-state index in [2.05, 4.69) is 173 Å². The fraction of sp³-hybridized carbons (Fsp3) is 0.133. The number of nitrogens with zero attached hydrogens (tertiary/aromatic N) is 1. The molecule has 1 aromatic heterocycles. The van der Waals surface area contributed by atoms with E-state index in [4.69, 9.17) is 4.98 Å². The predicted octanol–water partition coefficient (Wildman–Crippen LogP) is 12.3. The lowest BCUT2D eigenvalue weighted by molar-refractivity contribution is 0.660. The monoisotopic (exact) mass is 591 g/mol. The summed E-state index contributed by atoms with van der Waals surface area (Å²) in [6.45, 7) is 9.15. The predicted molar refractivity (Wildman–Crippen MR) is 195 cm³/mol. The molecule has 0 saturated carbocycles. The van der Waals surface area contributed by atoms with Crippen molar-refractivity contribution < 1.29 is 0 Å². The highest BCUT2D eigenvalue weighted by molar-refractivity contribution is 5.87. The van der Waals surface area contributed by atoms with Gasteiger partial charge in [0.25, 0.3) is 0 Å². The Morgan fingerprint density at radius 2 is 1.02 bits per heavy atom. The summed E-state index contributed by atoms with van der Waals surface area (Å²) >= 11 is 0. The van der Waals surface area contributed by atoms with Crippen molar-refractivity contribution in [1.29, 1.82) is 0 Å². The number of pyridine rings is 1. The molecule has 0 spiro atoms. The van der Waals surface area contributed by atoms with Crippen molar-refractivity contribution in [2.45, 2.75) is 39.0 Å². The van der Waals surface area contributed by atoms with Crippen LogP contribution in [0.3, 0.4) is 0 Å². The van der Waals surface area contributed by atoms with E-state index in [-0.39, 0.29) is 5.41 Å². The number of hydrogen-bond donors (Lipinski definition) is 0. The molecule has 6 aromatic carbocycles. The third-order valence-corrected chi connectivity index (χ3v) is 9.87. The highest BCUT2D eigenvalue weighted by atomic mass is 14.7. The molecule has 0 radical (unpaired) electrons. The minimum absolute atomic E-state index is 0.0140. The SMILES string of the molecule is CC(C)c1ccc(-c2ccc3ccc(-c4cccc(-c5cccc(-c6ccc7c(c6)C(C)(C)c6ccccc6-7)c5)c4)nc3c2)cc1. The van der Waals surface area contributed by atoms with E-state index in [0.29, 0.717) is 5.92 Å². The molecular weight excluding hydrogens is 555 g/mol. The molecule has 1 aliphatic carbocycles. The van der Waals surface area contributed by atoms with Gasteiger partial charge >= 0.3 is 0 Å². The Balaban J connectivity index is 1.11. The first-order valence-electron chi connectivity index (χ1n) is 16.3. The van der Waals surface area contributed by atoms with E-state index in [1.807, 2.05) is 0 Å². The van der Waals surface area contributed by atoms with E-state index in [1.54, 1.807) is 0 Å². The zero-order valence-electron chi connectivity index (χ0n) is 26.9. The maximum Gasteiger partial charge on any atom is 0.0715 e. The Bertz CT molecular complexity index is 2250. The summed E-state index contributed by atoms with van der Waals surface area (Å²) in [7, 11) is 0. The number of fused-ring (bicyclic) bond motifs is 4. The summed E-state index contributed by atoms with van der Waals surface area (Å²) in [4.78, 5) is 5.14. The summed E-state index contributed by atoms with van der Waals surface area (Å²) in [5.74, 6) is 0.526. The zero-order chi connectivity index (χ0) is 31.4. The lowest BCUT2D eigenvalue weighted by Gasteiger charge is -2.22. The van der Waals surface area contributed by atoms with Gasteiger partial charge in [0.15, 0.2) is 0 Å². The normalized spacial score (nSPS) is 13.2. The van der Waals surface area contributed by atoms with Crippen molar-refractivity contribution >= 4 is 10.9 Å². The number of hydrogen-bond acceptors (Lipinski definition) is 1. The maximum atomic E-state index is 5.14. The van der Waals surface area contributed by atoms with Crippen molar-refractivity contribution in [3.8, 4) is 55.8 Å². The molecule has 1 nitrogen and oxygen atoms in total. The molecule has 1 heterocycles. The number of aromatic nitrogens is 1. The molecule has 0 aliphatic heterocycles. The molecule has 0 amide bonds. The average molecular weight is 592 g/mol. The Morgan fingerprint density at radius 1 is 0.457 bits per heavy atom. The average Bonchev–Trinajstić information content (AvgIpc) is 3.33. The van der Waals surface area contributed by atoms with Crippen LogP contribution in [-0.4, -0.2) is 4.98 Å². The molecule has 46 heavy (non-hydrogen) atoms. The lowest BCUT2D eigenvalue weighted by atomic mass is 9.81. The molecule has 1 heteroatoms. The minimum atomic E-state index is -0.0140. The standard InChI is InChI=1S/C45H37N/c1-29(2)30-15-17-31(18-16-30)37-20-19-32-22-24-43(46-44(32)28-37)38-12-8-11-35(26-38)33-9-7-10-34(25-33)36-21-23-40-39-13-5-6-14-41(39)45(3,4)42(40)27-36/h5-29H,1-4H3. The molecule has 0 saturated heterocycles. The number of benzene rings is 6. The molecule has 0 N–H and O–H groups in total. The van der Waals surface area contributed by atoms with E-state index >= 15 is 0 Å². The Morgan fingerprint density at radius 3 is 1.76 bits per heavy atom. The van der Waals surface area contributed by atoms with Crippen LogP contribution in [0.15, 0.2) is 146 Å². The van der Waals surface area contributed by atoms with E-state index in [0.717, 1.165) is 22.2 Å². The van der Waals surface area contributed by atoms with Crippen LogP contribution in [0.2, 0.25) is 0 Å². The molecule has 0 atom stereocenters. The Kier molecular flexibility index (Phi) is 6.73. The van der Waals surface area contributed by atoms with E-state index in [1.165, 1.54) is 61.2 Å². The van der Waals surface area contributed by atoms with Gasteiger partial charge in [0.2, 0.25) is 0 Å².